The van der Waals surface area contributed by atoms with Gasteiger partial charge in [0.2, 0.25) is 0 Å². The summed E-state index contributed by atoms with van der Waals surface area (Å²) < 4.78 is 5.85. The summed E-state index contributed by atoms with van der Waals surface area (Å²) in [5.74, 6) is 0.851. The van der Waals surface area contributed by atoms with Crippen LogP contribution in [0.15, 0.2) is 24.3 Å². The Morgan fingerprint density at radius 2 is 2.10 bits per heavy atom. The minimum atomic E-state index is -0.395. The number of aromatic amines is 1. The highest BCUT2D eigenvalue weighted by Gasteiger charge is 2.18. The Hall–Kier alpha value is -1.52. The fourth-order valence-electron chi connectivity index (χ4n) is 3.23. The van der Waals surface area contributed by atoms with Crippen LogP contribution in [0.5, 0.6) is 5.75 Å². The lowest BCUT2D eigenvalue weighted by molar-refractivity contribution is -0.908. The van der Waals surface area contributed by atoms with Crippen molar-refractivity contribution in [1.82, 2.24) is 4.98 Å². The lowest BCUT2D eigenvalue weighted by Crippen LogP contribution is -3.14. The highest BCUT2D eigenvalue weighted by atomic mass is 16.5. The van der Waals surface area contributed by atoms with Crippen LogP contribution in [0.2, 0.25) is 0 Å². The number of hydrogen-bond donors (Lipinski definition) is 3. The minimum absolute atomic E-state index is 0.368. The molecule has 1 fully saturated rings. The van der Waals surface area contributed by atoms with Crippen molar-refractivity contribution in [2.45, 2.75) is 32.3 Å². The zero-order valence-electron chi connectivity index (χ0n) is 12.7. The van der Waals surface area contributed by atoms with Crippen molar-refractivity contribution in [2.24, 2.45) is 0 Å². The smallest absolute Gasteiger partial charge is 0.137 e. The fraction of sp³-hybridized carbons (Fsp3) is 0.529. The molecule has 4 nitrogen and oxygen atoms in total. The lowest BCUT2D eigenvalue weighted by Gasteiger charge is -2.25. The molecule has 1 saturated heterocycles. The second kappa shape index (κ2) is 6.50. The molecule has 3 rings (SSSR count). The molecule has 0 unspecified atom stereocenters. The van der Waals surface area contributed by atoms with Crippen molar-refractivity contribution < 1.29 is 14.7 Å². The van der Waals surface area contributed by atoms with Crippen LogP contribution in [0.1, 0.15) is 25.0 Å². The Morgan fingerprint density at radius 3 is 2.90 bits per heavy atom. The molecule has 0 amide bonds. The van der Waals surface area contributed by atoms with E-state index < -0.39 is 6.10 Å². The average molecular weight is 289 g/mol. The number of hydrogen-bond acceptors (Lipinski definition) is 2. The zero-order chi connectivity index (χ0) is 14.7. The second-order valence-corrected chi connectivity index (χ2v) is 6.15. The van der Waals surface area contributed by atoms with Gasteiger partial charge >= 0.3 is 0 Å². The van der Waals surface area contributed by atoms with E-state index in [4.69, 9.17) is 4.74 Å². The number of quaternary nitrogens is 1. The monoisotopic (exact) mass is 289 g/mol. The summed E-state index contributed by atoms with van der Waals surface area (Å²) in [4.78, 5) is 4.81. The highest BCUT2D eigenvalue weighted by molar-refractivity contribution is 5.86. The summed E-state index contributed by atoms with van der Waals surface area (Å²) in [5.41, 5.74) is 2.21. The van der Waals surface area contributed by atoms with Gasteiger partial charge in [0, 0.05) is 16.6 Å². The molecule has 1 aliphatic heterocycles. The van der Waals surface area contributed by atoms with E-state index in [0.29, 0.717) is 6.61 Å². The van der Waals surface area contributed by atoms with E-state index in [2.05, 4.69) is 11.1 Å². The molecule has 1 aromatic carbocycles. The molecular weight excluding hydrogens is 264 g/mol. The Morgan fingerprint density at radius 1 is 1.29 bits per heavy atom. The van der Waals surface area contributed by atoms with Gasteiger partial charge in [-0.3, -0.25) is 0 Å². The van der Waals surface area contributed by atoms with Gasteiger partial charge in [0.1, 0.15) is 25.0 Å². The Balaban J connectivity index is 1.58. The van der Waals surface area contributed by atoms with Crippen molar-refractivity contribution in [3.8, 4) is 5.75 Å². The van der Waals surface area contributed by atoms with Gasteiger partial charge in [-0.05, 0) is 44.4 Å². The number of aromatic nitrogens is 1. The number of aliphatic hydroxyl groups is 1. The summed E-state index contributed by atoms with van der Waals surface area (Å²) in [6, 6.07) is 8.09. The largest absolute Gasteiger partial charge is 0.490 e. The molecule has 0 aliphatic carbocycles. The number of ether oxygens (including phenoxy) is 1. The molecular formula is C17H25N2O2+. The van der Waals surface area contributed by atoms with Gasteiger partial charge in [-0.15, -0.1) is 0 Å². The molecule has 4 heteroatoms. The number of piperidine rings is 1. The van der Waals surface area contributed by atoms with Crippen LogP contribution in [0.4, 0.5) is 0 Å². The molecule has 1 aromatic heterocycles. The summed E-state index contributed by atoms with van der Waals surface area (Å²) in [6.07, 6.45) is 3.51. The normalized spacial score (nSPS) is 18.0. The van der Waals surface area contributed by atoms with Crippen LogP contribution in [0, 0.1) is 6.92 Å². The zero-order valence-corrected chi connectivity index (χ0v) is 12.7. The van der Waals surface area contributed by atoms with Crippen molar-refractivity contribution in [1.29, 1.82) is 0 Å². The SMILES string of the molecule is Cc1cc2c(OC[C@H](O)C[NH+]3CCCCC3)cccc2[nH]1. The van der Waals surface area contributed by atoms with Crippen LogP contribution in [0.3, 0.4) is 0 Å². The predicted molar refractivity (Wildman–Crippen MR) is 84.0 cm³/mol. The maximum Gasteiger partial charge on any atom is 0.137 e. The van der Waals surface area contributed by atoms with E-state index in [0.717, 1.165) is 28.9 Å². The third kappa shape index (κ3) is 3.57. The van der Waals surface area contributed by atoms with E-state index >= 15 is 0 Å². The summed E-state index contributed by atoms with van der Waals surface area (Å²) in [5, 5.41) is 11.3. The van der Waals surface area contributed by atoms with Crippen LogP contribution < -0.4 is 9.64 Å². The van der Waals surface area contributed by atoms with Gasteiger partial charge in [0.15, 0.2) is 0 Å². The number of H-pyrrole nitrogens is 1. The maximum absolute atomic E-state index is 10.2. The molecule has 2 heterocycles. The molecule has 114 valence electrons. The summed E-state index contributed by atoms with van der Waals surface area (Å²) >= 11 is 0. The third-order valence-corrected chi connectivity index (χ3v) is 4.27. The van der Waals surface area contributed by atoms with Gasteiger partial charge < -0.3 is 19.7 Å². The van der Waals surface area contributed by atoms with E-state index in [1.165, 1.54) is 37.3 Å². The van der Waals surface area contributed by atoms with Crippen LogP contribution in [-0.4, -0.2) is 42.4 Å². The summed E-state index contributed by atoms with van der Waals surface area (Å²) in [6.45, 7) is 5.57. The van der Waals surface area contributed by atoms with Gasteiger partial charge in [-0.2, -0.15) is 0 Å². The molecule has 2 aromatic rings. The first-order valence-corrected chi connectivity index (χ1v) is 7.95. The van der Waals surface area contributed by atoms with Gasteiger partial charge in [0.25, 0.3) is 0 Å². The van der Waals surface area contributed by atoms with Crippen LogP contribution in [0.25, 0.3) is 10.9 Å². The average Bonchev–Trinajstić information content (AvgIpc) is 2.87. The summed E-state index contributed by atoms with van der Waals surface area (Å²) in [7, 11) is 0. The highest BCUT2D eigenvalue weighted by Crippen LogP contribution is 2.26. The van der Waals surface area contributed by atoms with Crippen LogP contribution in [-0.2, 0) is 0 Å². The molecule has 1 atom stereocenters. The maximum atomic E-state index is 10.2. The lowest BCUT2D eigenvalue weighted by atomic mass is 10.1. The van der Waals surface area contributed by atoms with E-state index in [9.17, 15) is 5.11 Å². The number of aryl methyl sites for hydroxylation is 1. The molecule has 0 radical (unpaired) electrons. The van der Waals surface area contributed by atoms with E-state index in [-0.39, 0.29) is 0 Å². The van der Waals surface area contributed by atoms with Crippen molar-refractivity contribution in [3.63, 3.8) is 0 Å². The van der Waals surface area contributed by atoms with Crippen molar-refractivity contribution >= 4 is 10.9 Å². The first kappa shape index (κ1) is 14.4. The quantitative estimate of drug-likeness (QED) is 0.777. The Kier molecular flexibility index (Phi) is 4.46. The molecule has 3 N–H and O–H groups in total. The number of likely N-dealkylation sites (tertiary alicyclic amines) is 1. The third-order valence-electron chi connectivity index (χ3n) is 4.27. The van der Waals surface area contributed by atoms with Crippen molar-refractivity contribution in [2.75, 3.05) is 26.2 Å². The molecule has 1 aliphatic rings. The standard InChI is InChI=1S/C17H24N2O2/c1-13-10-15-16(18-13)6-5-7-17(15)21-12-14(20)11-19-8-3-2-4-9-19/h5-7,10,14,18,20H,2-4,8-9,11-12H2,1H3/p+1/t14-/m1/s1. The van der Waals surface area contributed by atoms with Crippen molar-refractivity contribution in [3.05, 3.63) is 30.0 Å². The van der Waals surface area contributed by atoms with Gasteiger partial charge in [-0.1, -0.05) is 6.07 Å². The van der Waals surface area contributed by atoms with E-state index in [1.807, 2.05) is 25.1 Å². The predicted octanol–water partition coefficient (Wildman–Crippen LogP) is 1.28. The van der Waals surface area contributed by atoms with Crippen LogP contribution >= 0.6 is 0 Å². The van der Waals surface area contributed by atoms with E-state index in [1.54, 1.807) is 0 Å². The first-order valence-electron chi connectivity index (χ1n) is 7.95. The Labute approximate surface area is 125 Å². The first-order chi connectivity index (χ1) is 10.2. The number of nitrogens with one attached hydrogen (secondary N) is 2. The number of benzene rings is 1. The van der Waals surface area contributed by atoms with Gasteiger partial charge in [-0.25, -0.2) is 0 Å². The molecule has 0 saturated carbocycles. The van der Waals surface area contributed by atoms with Gasteiger partial charge in [0.05, 0.1) is 13.1 Å². The topological polar surface area (TPSA) is 49.7 Å². The number of rotatable bonds is 5. The fourth-order valence-corrected chi connectivity index (χ4v) is 3.23. The number of fused-ring (bicyclic) bond motifs is 1. The molecule has 21 heavy (non-hydrogen) atoms. The molecule has 0 spiro atoms. The minimum Gasteiger partial charge on any atom is -0.490 e. The second-order valence-electron chi connectivity index (χ2n) is 6.15. The Bertz CT molecular complexity index is 587. The number of aliphatic hydroxyl groups excluding tert-OH is 1. The molecule has 0 bridgehead atoms.